The molecule has 0 saturated heterocycles. The zero-order valence-corrected chi connectivity index (χ0v) is 44.7. The maximum atomic E-state index is 2.64. The zero-order chi connectivity index (χ0) is 50.2. The highest BCUT2D eigenvalue weighted by atomic mass is 14.5. The standard InChI is InChI=1S/C72H68/c1-41-21-17-19-25-48(41)50-32-34-57-66(44(50)4)55-39-61-53(37-63(55)68(57,5)6)51-30-28-46(35-59(51)70(61,9)10)72(13,45-23-15-14-16-24-45)47-29-31-52-54-38-64-56(40-62(54)71(11,12)60(52)36-47)67-58(69(64,7)8)33-27-43(3)65(67)49-26-20-18-22-42(49)2/h14-40,44,66H,1-13H3. The van der Waals surface area contributed by atoms with Crippen LogP contribution >= 0.6 is 0 Å². The van der Waals surface area contributed by atoms with Crippen molar-refractivity contribution in [3.8, 4) is 44.5 Å². The second kappa shape index (κ2) is 14.9. The number of hydrogen-bond donors (Lipinski definition) is 0. The van der Waals surface area contributed by atoms with E-state index in [1.807, 2.05) is 0 Å². The molecule has 3 unspecified atom stereocenters. The average molecular weight is 933 g/mol. The Hall–Kier alpha value is -6.76. The molecule has 356 valence electrons. The van der Waals surface area contributed by atoms with Gasteiger partial charge in [0.05, 0.1) is 0 Å². The van der Waals surface area contributed by atoms with Crippen molar-refractivity contribution >= 4 is 5.57 Å². The summed E-state index contributed by atoms with van der Waals surface area (Å²) in [6.45, 7) is 31.4. The van der Waals surface area contributed by atoms with Gasteiger partial charge in [0, 0.05) is 33.0 Å². The summed E-state index contributed by atoms with van der Waals surface area (Å²) in [4.78, 5) is 0. The molecule has 72 heavy (non-hydrogen) atoms. The predicted molar refractivity (Wildman–Crippen MR) is 305 cm³/mol. The van der Waals surface area contributed by atoms with Gasteiger partial charge in [0.25, 0.3) is 0 Å². The summed E-state index contributed by atoms with van der Waals surface area (Å²) in [7, 11) is 0. The molecular formula is C72H68. The van der Waals surface area contributed by atoms with Gasteiger partial charge in [0.2, 0.25) is 0 Å². The Morgan fingerprint density at radius 1 is 0.361 bits per heavy atom. The van der Waals surface area contributed by atoms with Gasteiger partial charge in [-0.1, -0.05) is 213 Å². The third-order valence-electron chi connectivity index (χ3n) is 19.6. The Morgan fingerprint density at radius 3 is 1.47 bits per heavy atom. The molecular weight excluding hydrogens is 865 g/mol. The second-order valence-electron chi connectivity index (χ2n) is 24.8. The largest absolute Gasteiger partial charge is 0.0622 e. The van der Waals surface area contributed by atoms with E-state index in [9.17, 15) is 0 Å². The molecule has 0 aliphatic heterocycles. The Bertz CT molecular complexity index is 3740. The summed E-state index contributed by atoms with van der Waals surface area (Å²) in [5, 5.41) is 0. The van der Waals surface area contributed by atoms with Gasteiger partial charge >= 0.3 is 0 Å². The van der Waals surface area contributed by atoms with E-state index in [-0.39, 0.29) is 21.7 Å². The van der Waals surface area contributed by atoms with E-state index in [0.717, 1.165) is 0 Å². The van der Waals surface area contributed by atoms with Crippen LogP contribution < -0.4 is 0 Å². The minimum atomic E-state index is -0.414. The first-order chi connectivity index (χ1) is 34.3. The molecule has 0 heteroatoms. The van der Waals surface area contributed by atoms with Crippen molar-refractivity contribution < 1.29 is 0 Å². The smallest absolute Gasteiger partial charge is 0.0423 e. The first-order valence-electron chi connectivity index (χ1n) is 26.7. The number of hydrogen-bond acceptors (Lipinski definition) is 0. The fourth-order valence-electron chi connectivity index (χ4n) is 15.2. The van der Waals surface area contributed by atoms with Crippen molar-refractivity contribution in [3.05, 3.63) is 253 Å². The topological polar surface area (TPSA) is 0 Å². The van der Waals surface area contributed by atoms with Crippen molar-refractivity contribution in [3.63, 3.8) is 0 Å². The molecule has 8 aromatic carbocycles. The van der Waals surface area contributed by atoms with Crippen LogP contribution in [0.5, 0.6) is 0 Å². The molecule has 0 nitrogen and oxygen atoms in total. The molecule has 0 saturated carbocycles. The van der Waals surface area contributed by atoms with Crippen LogP contribution in [0.3, 0.4) is 0 Å². The Balaban J connectivity index is 0.919. The maximum Gasteiger partial charge on any atom is 0.0423 e. The number of benzene rings is 8. The van der Waals surface area contributed by atoms with E-state index in [1.54, 1.807) is 5.57 Å². The van der Waals surface area contributed by atoms with Crippen LogP contribution in [0.2, 0.25) is 0 Å². The SMILES string of the molecule is Cc1ccccc1C1=CC=C2C(c3cc4c(cc3C2(C)C)-c2ccc(C(C)(c3ccccc3)c3ccc5c(c3)C(C)(C)c3cc6c(cc3-5)C(C)(C)c3ccc(C)c(-c5ccccc5C)c3-6)cc2C4(C)C)C1C. The van der Waals surface area contributed by atoms with Gasteiger partial charge in [-0.05, 0) is 185 Å². The highest BCUT2D eigenvalue weighted by Crippen LogP contribution is 2.62. The van der Waals surface area contributed by atoms with Crippen LogP contribution in [0.15, 0.2) is 169 Å². The lowest BCUT2D eigenvalue weighted by Crippen LogP contribution is -2.27. The quantitative estimate of drug-likeness (QED) is 0.151. The highest BCUT2D eigenvalue weighted by molar-refractivity contribution is 5.97. The molecule has 5 aliphatic carbocycles. The van der Waals surface area contributed by atoms with Crippen LogP contribution in [-0.4, -0.2) is 0 Å². The number of rotatable bonds is 5. The van der Waals surface area contributed by atoms with Crippen LogP contribution in [0.4, 0.5) is 0 Å². The third kappa shape index (κ3) is 5.82. The van der Waals surface area contributed by atoms with E-state index in [0.29, 0.717) is 11.8 Å². The molecule has 5 aliphatic rings. The lowest BCUT2D eigenvalue weighted by molar-refractivity contribution is 0.560. The highest BCUT2D eigenvalue weighted by Gasteiger charge is 2.49. The summed E-state index contributed by atoms with van der Waals surface area (Å²) < 4.78 is 0. The Labute approximate surface area is 429 Å². The third-order valence-corrected chi connectivity index (χ3v) is 19.6. The van der Waals surface area contributed by atoms with Crippen LogP contribution in [0, 0.1) is 26.7 Å². The molecule has 0 fully saturated rings. The molecule has 0 aromatic heterocycles. The van der Waals surface area contributed by atoms with E-state index in [2.05, 4.69) is 254 Å². The molecule has 0 N–H and O–H groups in total. The molecule has 3 atom stereocenters. The second-order valence-corrected chi connectivity index (χ2v) is 24.8. The fraction of sp³-hybridized carbons (Fsp3) is 0.278. The first-order valence-corrected chi connectivity index (χ1v) is 26.7. The van der Waals surface area contributed by atoms with E-state index >= 15 is 0 Å². The molecule has 0 spiro atoms. The number of aryl methyl sites for hydroxylation is 3. The average Bonchev–Trinajstić information content (AvgIpc) is 3.92. The van der Waals surface area contributed by atoms with Gasteiger partial charge in [-0.25, -0.2) is 0 Å². The monoisotopic (exact) mass is 933 g/mol. The molecule has 0 bridgehead atoms. The summed E-state index contributed by atoms with van der Waals surface area (Å²) in [6.07, 6.45) is 4.90. The van der Waals surface area contributed by atoms with Gasteiger partial charge in [-0.3, -0.25) is 0 Å². The molecule has 8 aromatic rings. The van der Waals surface area contributed by atoms with Gasteiger partial charge in [-0.2, -0.15) is 0 Å². The van der Waals surface area contributed by atoms with Crippen LogP contribution in [0.25, 0.3) is 50.1 Å². The normalized spacial score (nSPS) is 20.2. The molecule has 0 radical (unpaired) electrons. The summed E-state index contributed by atoms with van der Waals surface area (Å²) >= 11 is 0. The predicted octanol–water partition coefficient (Wildman–Crippen LogP) is 18.6. The minimum absolute atomic E-state index is 0.0547. The van der Waals surface area contributed by atoms with Crippen LogP contribution in [0.1, 0.15) is 159 Å². The summed E-state index contributed by atoms with van der Waals surface area (Å²) in [6, 6.07) is 59.4. The number of fused-ring (bicyclic) bond motifs is 12. The van der Waals surface area contributed by atoms with Crippen molar-refractivity contribution in [2.24, 2.45) is 5.92 Å². The first kappa shape index (κ1) is 45.1. The van der Waals surface area contributed by atoms with Crippen molar-refractivity contribution in [1.82, 2.24) is 0 Å². The maximum absolute atomic E-state index is 2.64. The lowest BCUT2D eigenvalue weighted by Gasteiger charge is -2.34. The van der Waals surface area contributed by atoms with Gasteiger partial charge in [0.1, 0.15) is 0 Å². The zero-order valence-electron chi connectivity index (χ0n) is 44.7. The molecule has 13 rings (SSSR count). The Kier molecular flexibility index (Phi) is 9.35. The van der Waals surface area contributed by atoms with Gasteiger partial charge < -0.3 is 0 Å². The number of allylic oxidation sites excluding steroid dienone is 4. The lowest BCUT2D eigenvalue weighted by atomic mass is 9.68. The minimum Gasteiger partial charge on any atom is -0.0622 e. The molecule has 0 amide bonds. The van der Waals surface area contributed by atoms with Crippen molar-refractivity contribution in [2.75, 3.05) is 0 Å². The molecule has 0 heterocycles. The van der Waals surface area contributed by atoms with Gasteiger partial charge in [0.15, 0.2) is 0 Å². The van der Waals surface area contributed by atoms with Crippen LogP contribution in [-0.2, 0) is 27.1 Å². The van der Waals surface area contributed by atoms with E-state index in [1.165, 1.54) is 134 Å². The summed E-state index contributed by atoms with van der Waals surface area (Å²) in [5.74, 6) is 0.737. The van der Waals surface area contributed by atoms with Crippen molar-refractivity contribution in [1.29, 1.82) is 0 Å². The van der Waals surface area contributed by atoms with E-state index in [4.69, 9.17) is 0 Å². The Morgan fingerprint density at radius 2 is 0.861 bits per heavy atom. The fourth-order valence-corrected chi connectivity index (χ4v) is 15.2. The van der Waals surface area contributed by atoms with Crippen molar-refractivity contribution in [2.45, 2.75) is 123 Å². The summed E-state index contributed by atoms with van der Waals surface area (Å²) in [5.41, 5.74) is 34.1. The van der Waals surface area contributed by atoms with E-state index < -0.39 is 5.41 Å². The van der Waals surface area contributed by atoms with Gasteiger partial charge in [-0.15, -0.1) is 0 Å².